The zero-order chi connectivity index (χ0) is 8.43. The molecule has 11 heavy (non-hydrogen) atoms. The van der Waals surface area contributed by atoms with E-state index in [9.17, 15) is 0 Å². The van der Waals surface area contributed by atoms with Gasteiger partial charge in [0.15, 0.2) is 7.05 Å². The maximum atomic E-state index is 8.92. The molecule has 0 spiro atoms. The van der Waals surface area contributed by atoms with Gasteiger partial charge in [-0.05, 0) is 0 Å². The van der Waals surface area contributed by atoms with Gasteiger partial charge >= 0.3 is 0 Å². The first-order valence-corrected chi connectivity index (χ1v) is 3.85. The van der Waals surface area contributed by atoms with Crippen molar-refractivity contribution in [2.45, 2.75) is 20.0 Å². The maximum absolute atomic E-state index is 8.92. The molecule has 0 saturated heterocycles. The number of aliphatic hydroxyl groups excluding tert-OH is 1. The van der Waals surface area contributed by atoms with E-state index in [1.54, 1.807) is 0 Å². The molecule has 0 radical (unpaired) electrons. The Morgan fingerprint density at radius 1 is 1.64 bits per heavy atom. The molecule has 3 nitrogen and oxygen atoms in total. The summed E-state index contributed by atoms with van der Waals surface area (Å²) in [6.45, 7) is 2.22. The SMILES string of the molecule is CCc1cc(CO)n(C)[n+]1C. The number of aryl methyl sites for hydroxylation is 1. The van der Waals surface area contributed by atoms with E-state index < -0.39 is 0 Å². The van der Waals surface area contributed by atoms with Gasteiger partial charge < -0.3 is 5.11 Å². The van der Waals surface area contributed by atoms with Gasteiger partial charge in [0.2, 0.25) is 5.69 Å². The van der Waals surface area contributed by atoms with Gasteiger partial charge in [-0.15, -0.1) is 4.68 Å². The fourth-order valence-electron chi connectivity index (χ4n) is 1.24. The van der Waals surface area contributed by atoms with E-state index >= 15 is 0 Å². The smallest absolute Gasteiger partial charge is 0.207 e. The second-order valence-electron chi connectivity index (χ2n) is 2.69. The summed E-state index contributed by atoms with van der Waals surface area (Å²) in [7, 11) is 3.95. The molecule has 0 aliphatic rings. The molecular weight excluding hydrogens is 140 g/mol. The van der Waals surface area contributed by atoms with Crippen LogP contribution in [-0.4, -0.2) is 9.79 Å². The molecule has 0 aliphatic carbocycles. The lowest BCUT2D eigenvalue weighted by Gasteiger charge is -1.93. The molecular formula is C8H15N2O+. The van der Waals surface area contributed by atoms with Crippen LogP contribution in [0.15, 0.2) is 6.07 Å². The second-order valence-corrected chi connectivity index (χ2v) is 2.69. The van der Waals surface area contributed by atoms with Crippen LogP contribution in [-0.2, 0) is 27.1 Å². The number of rotatable bonds is 2. The lowest BCUT2D eigenvalue weighted by molar-refractivity contribution is -0.758. The molecule has 1 heterocycles. The maximum Gasteiger partial charge on any atom is 0.207 e. The van der Waals surface area contributed by atoms with Gasteiger partial charge in [0, 0.05) is 12.5 Å². The van der Waals surface area contributed by atoms with E-state index in [4.69, 9.17) is 5.11 Å². The normalized spacial score (nSPS) is 10.5. The predicted molar refractivity (Wildman–Crippen MR) is 41.9 cm³/mol. The van der Waals surface area contributed by atoms with Crippen LogP contribution in [0.2, 0.25) is 0 Å². The van der Waals surface area contributed by atoms with Gasteiger partial charge in [-0.2, -0.15) is 4.68 Å². The minimum atomic E-state index is 0.115. The number of hydrogen-bond donors (Lipinski definition) is 1. The number of aliphatic hydroxyl groups is 1. The van der Waals surface area contributed by atoms with Crippen LogP contribution < -0.4 is 4.68 Å². The molecule has 1 aromatic heterocycles. The molecule has 0 saturated carbocycles. The molecule has 0 fully saturated rings. The van der Waals surface area contributed by atoms with Gasteiger partial charge in [-0.1, -0.05) is 6.92 Å². The Morgan fingerprint density at radius 2 is 2.27 bits per heavy atom. The summed E-state index contributed by atoms with van der Waals surface area (Å²) in [4.78, 5) is 0. The first-order chi connectivity index (χ1) is 5.20. The Kier molecular flexibility index (Phi) is 2.29. The van der Waals surface area contributed by atoms with Crippen molar-refractivity contribution in [3.63, 3.8) is 0 Å². The first kappa shape index (κ1) is 8.27. The largest absolute Gasteiger partial charge is 0.390 e. The van der Waals surface area contributed by atoms with Crippen molar-refractivity contribution in [1.29, 1.82) is 0 Å². The zero-order valence-electron chi connectivity index (χ0n) is 7.33. The molecule has 0 unspecified atom stereocenters. The molecule has 62 valence electrons. The second kappa shape index (κ2) is 3.05. The van der Waals surface area contributed by atoms with Gasteiger partial charge in [0.25, 0.3) is 0 Å². The third-order valence-electron chi connectivity index (χ3n) is 2.14. The Morgan fingerprint density at radius 3 is 2.55 bits per heavy atom. The Hall–Kier alpha value is -0.830. The van der Waals surface area contributed by atoms with E-state index in [1.165, 1.54) is 5.69 Å². The fourth-order valence-corrected chi connectivity index (χ4v) is 1.24. The third kappa shape index (κ3) is 1.28. The fraction of sp³-hybridized carbons (Fsp3) is 0.625. The minimum Gasteiger partial charge on any atom is -0.390 e. The standard InChI is InChI=1S/C8H15N2O/c1-4-7-5-8(6-11)10(3)9(7)2/h5,11H,4,6H2,1-3H3/q+1. The van der Waals surface area contributed by atoms with Crippen LogP contribution in [0.5, 0.6) is 0 Å². The van der Waals surface area contributed by atoms with Crippen LogP contribution >= 0.6 is 0 Å². The van der Waals surface area contributed by atoms with Crippen molar-refractivity contribution < 1.29 is 9.79 Å². The molecule has 0 aromatic carbocycles. The van der Waals surface area contributed by atoms with Crippen molar-refractivity contribution >= 4 is 0 Å². The molecule has 0 aliphatic heterocycles. The van der Waals surface area contributed by atoms with Crippen molar-refractivity contribution in [2.24, 2.45) is 14.1 Å². The van der Waals surface area contributed by atoms with E-state index in [-0.39, 0.29) is 6.61 Å². The predicted octanol–water partition coefficient (Wildman–Crippen LogP) is -0.0957. The quantitative estimate of drug-likeness (QED) is 0.594. The third-order valence-corrected chi connectivity index (χ3v) is 2.14. The van der Waals surface area contributed by atoms with Crippen molar-refractivity contribution in [3.05, 3.63) is 17.5 Å². The molecule has 1 rings (SSSR count). The molecule has 3 heteroatoms. The van der Waals surface area contributed by atoms with Gasteiger partial charge in [-0.25, -0.2) is 0 Å². The molecule has 0 atom stereocenters. The summed E-state index contributed by atoms with van der Waals surface area (Å²) >= 11 is 0. The Bertz CT molecular complexity index is 228. The van der Waals surface area contributed by atoms with Crippen LogP contribution in [0.1, 0.15) is 18.3 Å². The zero-order valence-corrected chi connectivity index (χ0v) is 7.33. The average molecular weight is 155 g/mol. The summed E-state index contributed by atoms with van der Waals surface area (Å²) in [5.41, 5.74) is 2.21. The summed E-state index contributed by atoms with van der Waals surface area (Å²) in [6.07, 6.45) is 1.00. The Labute approximate surface area is 66.9 Å². The summed E-state index contributed by atoms with van der Waals surface area (Å²) in [5, 5.41) is 8.92. The minimum absolute atomic E-state index is 0.115. The lowest BCUT2D eigenvalue weighted by atomic mass is 10.3. The van der Waals surface area contributed by atoms with Crippen LogP contribution in [0.25, 0.3) is 0 Å². The van der Waals surface area contributed by atoms with Gasteiger partial charge in [0.05, 0.1) is 13.7 Å². The van der Waals surface area contributed by atoms with Crippen LogP contribution in [0.4, 0.5) is 0 Å². The van der Waals surface area contributed by atoms with Crippen molar-refractivity contribution in [3.8, 4) is 0 Å². The first-order valence-electron chi connectivity index (χ1n) is 3.85. The highest BCUT2D eigenvalue weighted by Gasteiger charge is 2.13. The topological polar surface area (TPSA) is 29.0 Å². The number of hydrogen-bond acceptors (Lipinski definition) is 1. The molecule has 0 bridgehead atoms. The molecule has 1 aromatic rings. The summed E-state index contributed by atoms with van der Waals surface area (Å²) < 4.78 is 4.00. The number of nitrogens with zero attached hydrogens (tertiary/aromatic N) is 2. The highest BCUT2D eigenvalue weighted by molar-refractivity contribution is 5.03. The van der Waals surface area contributed by atoms with Crippen LogP contribution in [0, 0.1) is 0 Å². The summed E-state index contributed by atoms with van der Waals surface area (Å²) in [6, 6.07) is 2.03. The van der Waals surface area contributed by atoms with E-state index in [0.717, 1.165) is 12.1 Å². The number of aromatic nitrogens is 2. The van der Waals surface area contributed by atoms with Gasteiger partial charge in [0.1, 0.15) is 5.69 Å². The molecule has 1 N–H and O–H groups in total. The summed E-state index contributed by atoms with van der Waals surface area (Å²) in [5.74, 6) is 0. The van der Waals surface area contributed by atoms with Crippen LogP contribution in [0.3, 0.4) is 0 Å². The molecule has 0 amide bonds. The average Bonchev–Trinajstić information content (AvgIpc) is 2.30. The van der Waals surface area contributed by atoms with Gasteiger partial charge in [-0.3, -0.25) is 0 Å². The Balaban J connectivity index is 3.12. The van der Waals surface area contributed by atoms with E-state index in [2.05, 4.69) is 6.92 Å². The van der Waals surface area contributed by atoms with Crippen molar-refractivity contribution in [1.82, 2.24) is 4.68 Å². The van der Waals surface area contributed by atoms with Crippen molar-refractivity contribution in [2.75, 3.05) is 0 Å². The highest BCUT2D eigenvalue weighted by atomic mass is 16.3. The van der Waals surface area contributed by atoms with E-state index in [1.807, 2.05) is 29.5 Å². The monoisotopic (exact) mass is 155 g/mol. The highest BCUT2D eigenvalue weighted by Crippen LogP contribution is 2.00. The van der Waals surface area contributed by atoms with E-state index in [0.29, 0.717) is 0 Å². The lowest BCUT2D eigenvalue weighted by Crippen LogP contribution is -2.41.